The van der Waals surface area contributed by atoms with Gasteiger partial charge in [-0.15, -0.1) is 12.4 Å². The van der Waals surface area contributed by atoms with Crippen LogP contribution in [0, 0.1) is 5.41 Å². The van der Waals surface area contributed by atoms with Gasteiger partial charge in [0.1, 0.15) is 5.54 Å². The summed E-state index contributed by atoms with van der Waals surface area (Å²) in [5.74, 6) is -0.0797. The van der Waals surface area contributed by atoms with Crippen LogP contribution in [0.4, 0.5) is 0 Å². The van der Waals surface area contributed by atoms with E-state index in [9.17, 15) is 4.79 Å². The van der Waals surface area contributed by atoms with E-state index in [0.717, 1.165) is 19.4 Å². The summed E-state index contributed by atoms with van der Waals surface area (Å²) in [6.45, 7) is 7.98. The molecule has 2 fully saturated rings. The van der Waals surface area contributed by atoms with Gasteiger partial charge in [0.25, 0.3) is 0 Å². The number of amides is 1. The van der Waals surface area contributed by atoms with E-state index in [1.807, 2.05) is 20.8 Å². The van der Waals surface area contributed by atoms with Crippen molar-refractivity contribution in [2.45, 2.75) is 57.8 Å². The number of halogens is 1. The van der Waals surface area contributed by atoms with Crippen molar-refractivity contribution in [1.29, 1.82) is 0 Å². The van der Waals surface area contributed by atoms with Crippen LogP contribution < -0.4 is 11.1 Å². The fourth-order valence-electron chi connectivity index (χ4n) is 2.99. The molecule has 2 aliphatic rings. The van der Waals surface area contributed by atoms with Crippen molar-refractivity contribution in [1.82, 2.24) is 5.32 Å². The topological polar surface area (TPSA) is 73.6 Å². The highest BCUT2D eigenvalue weighted by Crippen LogP contribution is 2.49. The summed E-state index contributed by atoms with van der Waals surface area (Å²) in [6, 6.07) is 0. The third-order valence-corrected chi connectivity index (χ3v) is 4.75. The molecule has 1 heterocycles. The van der Waals surface area contributed by atoms with Gasteiger partial charge in [-0.25, -0.2) is 0 Å². The largest absolute Gasteiger partial charge is 0.378 e. The van der Waals surface area contributed by atoms with Crippen LogP contribution in [-0.4, -0.2) is 43.4 Å². The summed E-state index contributed by atoms with van der Waals surface area (Å²) in [7, 11) is 0. The van der Waals surface area contributed by atoms with E-state index < -0.39 is 5.54 Å². The molecule has 0 aromatic carbocycles. The fourth-order valence-corrected chi connectivity index (χ4v) is 2.99. The van der Waals surface area contributed by atoms with Gasteiger partial charge < -0.3 is 20.5 Å². The van der Waals surface area contributed by atoms with Crippen LogP contribution in [0.5, 0.6) is 0 Å². The first-order chi connectivity index (χ1) is 8.91. The number of rotatable bonds is 5. The number of hydrogen-bond acceptors (Lipinski definition) is 4. The molecule has 0 bridgehead atoms. The molecule has 20 heavy (non-hydrogen) atoms. The quantitative estimate of drug-likeness (QED) is 0.801. The first-order valence-corrected chi connectivity index (χ1v) is 7.22. The Hall–Kier alpha value is -0.360. The van der Waals surface area contributed by atoms with Crippen molar-refractivity contribution in [3.05, 3.63) is 0 Å². The molecule has 0 radical (unpaired) electrons. The Labute approximate surface area is 127 Å². The van der Waals surface area contributed by atoms with Crippen LogP contribution in [0.1, 0.15) is 40.0 Å². The average molecular weight is 307 g/mol. The predicted octanol–water partition coefficient (Wildman–Crippen LogP) is 1.24. The molecule has 2 rings (SSSR count). The minimum Gasteiger partial charge on any atom is -0.378 e. The van der Waals surface area contributed by atoms with Crippen LogP contribution >= 0.6 is 12.4 Å². The summed E-state index contributed by atoms with van der Waals surface area (Å²) in [4.78, 5) is 12.3. The third-order valence-electron chi connectivity index (χ3n) is 4.75. The number of nitrogens with two attached hydrogens (primary N) is 1. The van der Waals surface area contributed by atoms with Gasteiger partial charge in [-0.05, 0) is 19.8 Å². The van der Waals surface area contributed by atoms with Gasteiger partial charge in [0.15, 0.2) is 0 Å². The molecule has 5 nitrogen and oxygen atoms in total. The van der Waals surface area contributed by atoms with E-state index in [2.05, 4.69) is 5.32 Å². The van der Waals surface area contributed by atoms with Gasteiger partial charge in [0.05, 0.1) is 12.2 Å². The Morgan fingerprint density at radius 1 is 1.50 bits per heavy atom. The van der Waals surface area contributed by atoms with Gasteiger partial charge in [0.2, 0.25) is 5.91 Å². The Morgan fingerprint density at radius 3 is 2.70 bits per heavy atom. The lowest BCUT2D eigenvalue weighted by molar-refractivity contribution is -0.170. The molecule has 0 aromatic heterocycles. The molecule has 1 aliphatic heterocycles. The highest BCUT2D eigenvalue weighted by atomic mass is 35.5. The van der Waals surface area contributed by atoms with Crippen molar-refractivity contribution < 1.29 is 14.3 Å². The van der Waals surface area contributed by atoms with Gasteiger partial charge in [-0.1, -0.05) is 13.8 Å². The molecule has 0 spiro atoms. The highest BCUT2D eigenvalue weighted by Gasteiger charge is 2.62. The number of carbonyl (C=O) groups excluding carboxylic acids is 1. The van der Waals surface area contributed by atoms with E-state index in [-0.39, 0.29) is 35.9 Å². The van der Waals surface area contributed by atoms with Gasteiger partial charge in [0, 0.05) is 31.6 Å². The summed E-state index contributed by atoms with van der Waals surface area (Å²) >= 11 is 0. The maximum Gasteiger partial charge on any atom is 0.240 e. The lowest BCUT2D eigenvalue weighted by atomic mass is 9.54. The monoisotopic (exact) mass is 306 g/mol. The Morgan fingerprint density at radius 2 is 2.20 bits per heavy atom. The standard InChI is InChI=1S/C14H26N2O3.ClH/c1-4-18-11-8-14(15,13(11,2)3)12(17)16-9-10-6-5-7-19-10;/h10-11H,4-9,15H2,1-3H3,(H,16,17);1H. The predicted molar refractivity (Wildman–Crippen MR) is 80.0 cm³/mol. The van der Waals surface area contributed by atoms with Crippen LogP contribution in [0.3, 0.4) is 0 Å². The summed E-state index contributed by atoms with van der Waals surface area (Å²) < 4.78 is 11.1. The van der Waals surface area contributed by atoms with E-state index in [1.165, 1.54) is 0 Å². The molecule has 118 valence electrons. The van der Waals surface area contributed by atoms with Gasteiger partial charge in [-0.2, -0.15) is 0 Å². The molecule has 1 amide bonds. The molecule has 3 atom stereocenters. The van der Waals surface area contributed by atoms with Crippen molar-refractivity contribution >= 4 is 18.3 Å². The Balaban J connectivity index is 0.00000200. The van der Waals surface area contributed by atoms with Crippen molar-refractivity contribution in [2.75, 3.05) is 19.8 Å². The van der Waals surface area contributed by atoms with E-state index >= 15 is 0 Å². The lowest BCUT2D eigenvalue weighted by Crippen LogP contribution is -2.76. The maximum absolute atomic E-state index is 12.3. The maximum atomic E-state index is 12.3. The number of hydrogen-bond donors (Lipinski definition) is 2. The second-order valence-electron chi connectivity index (χ2n) is 6.19. The smallest absolute Gasteiger partial charge is 0.240 e. The molecular weight excluding hydrogens is 280 g/mol. The van der Waals surface area contributed by atoms with E-state index in [4.69, 9.17) is 15.2 Å². The minimum absolute atomic E-state index is 0. The second kappa shape index (κ2) is 6.60. The lowest BCUT2D eigenvalue weighted by Gasteiger charge is -2.57. The van der Waals surface area contributed by atoms with Crippen molar-refractivity contribution in [3.8, 4) is 0 Å². The zero-order valence-electron chi connectivity index (χ0n) is 12.6. The van der Waals surface area contributed by atoms with Crippen LogP contribution in [0.15, 0.2) is 0 Å². The minimum atomic E-state index is -0.828. The third kappa shape index (κ3) is 2.96. The van der Waals surface area contributed by atoms with Crippen molar-refractivity contribution in [3.63, 3.8) is 0 Å². The molecule has 1 saturated carbocycles. The number of carbonyl (C=O) groups is 1. The molecule has 1 saturated heterocycles. The number of ether oxygens (including phenoxy) is 2. The molecule has 6 heteroatoms. The normalized spacial score (nSPS) is 35.0. The summed E-state index contributed by atoms with van der Waals surface area (Å²) in [6.07, 6.45) is 2.90. The fraction of sp³-hybridized carbons (Fsp3) is 0.929. The van der Waals surface area contributed by atoms with Crippen LogP contribution in [-0.2, 0) is 14.3 Å². The van der Waals surface area contributed by atoms with Crippen LogP contribution in [0.2, 0.25) is 0 Å². The Bertz CT molecular complexity index is 345. The van der Waals surface area contributed by atoms with E-state index in [0.29, 0.717) is 19.6 Å². The summed E-state index contributed by atoms with van der Waals surface area (Å²) in [5, 5.41) is 2.94. The zero-order valence-corrected chi connectivity index (χ0v) is 13.4. The molecule has 0 aromatic rings. The SMILES string of the molecule is CCOC1CC(N)(C(=O)NCC2CCCO2)C1(C)C.Cl. The number of nitrogens with one attached hydrogen (secondary N) is 1. The zero-order chi connectivity index (χ0) is 14.1. The van der Waals surface area contributed by atoms with Crippen LogP contribution in [0.25, 0.3) is 0 Å². The average Bonchev–Trinajstić information content (AvgIpc) is 2.88. The first-order valence-electron chi connectivity index (χ1n) is 7.22. The second-order valence-corrected chi connectivity index (χ2v) is 6.19. The van der Waals surface area contributed by atoms with Crippen molar-refractivity contribution in [2.24, 2.45) is 11.1 Å². The Kier molecular flexibility index (Phi) is 5.84. The van der Waals surface area contributed by atoms with E-state index in [1.54, 1.807) is 0 Å². The highest BCUT2D eigenvalue weighted by molar-refractivity contribution is 5.88. The molecule has 3 unspecified atom stereocenters. The first kappa shape index (κ1) is 17.7. The van der Waals surface area contributed by atoms with Gasteiger partial charge in [-0.3, -0.25) is 4.79 Å². The van der Waals surface area contributed by atoms with Gasteiger partial charge >= 0.3 is 0 Å². The summed E-state index contributed by atoms with van der Waals surface area (Å²) in [5.41, 5.74) is 5.14. The molecule has 3 N–H and O–H groups in total. The molecular formula is C14H27ClN2O3. The molecule has 1 aliphatic carbocycles.